The Balaban J connectivity index is 2.42. The number of nitrogens with two attached hydrogens (primary N) is 1. The molecular weight excluding hydrogens is 192 g/mol. The molecule has 88 valence electrons. The maximum Gasteiger partial charge on any atom is 0.222 e. The molecular formula is C11H22N2O2. The van der Waals surface area contributed by atoms with Gasteiger partial charge in [0.15, 0.2) is 0 Å². The molecule has 1 amide bonds. The van der Waals surface area contributed by atoms with Crippen LogP contribution in [0.1, 0.15) is 40.0 Å². The van der Waals surface area contributed by atoms with E-state index in [1.807, 2.05) is 13.8 Å². The number of amides is 1. The van der Waals surface area contributed by atoms with Crippen LogP contribution in [-0.2, 0) is 9.53 Å². The van der Waals surface area contributed by atoms with Gasteiger partial charge in [0.1, 0.15) is 0 Å². The number of carbonyl (C=O) groups excluding carboxylic acids is 1. The first-order valence-electron chi connectivity index (χ1n) is 5.48. The Hall–Kier alpha value is -0.610. The van der Waals surface area contributed by atoms with Crippen molar-refractivity contribution in [2.45, 2.75) is 51.1 Å². The zero-order chi connectivity index (χ0) is 11.5. The second-order valence-corrected chi connectivity index (χ2v) is 5.39. The number of hydrogen-bond donors (Lipinski definition) is 2. The smallest absolute Gasteiger partial charge is 0.222 e. The average Bonchev–Trinajstić information content (AvgIpc) is 1.99. The van der Waals surface area contributed by atoms with Gasteiger partial charge in [-0.2, -0.15) is 0 Å². The van der Waals surface area contributed by atoms with Crippen LogP contribution in [0, 0.1) is 0 Å². The summed E-state index contributed by atoms with van der Waals surface area (Å²) in [5.74, 6) is 0.0342. The lowest BCUT2D eigenvalue weighted by atomic mass is 9.91. The molecule has 0 saturated carbocycles. The standard InChI is InChI=1S/C11H22N2O2/c1-10(2,12)8-9(14)13-11(3)4-6-15-7-5-11/h4-8,12H2,1-3H3,(H,13,14). The molecule has 3 N–H and O–H groups in total. The Morgan fingerprint density at radius 1 is 1.47 bits per heavy atom. The Bertz CT molecular complexity index is 227. The second-order valence-electron chi connectivity index (χ2n) is 5.39. The monoisotopic (exact) mass is 214 g/mol. The molecule has 0 aromatic rings. The van der Waals surface area contributed by atoms with E-state index in [0.29, 0.717) is 6.42 Å². The van der Waals surface area contributed by atoms with Crippen molar-refractivity contribution in [3.05, 3.63) is 0 Å². The number of nitrogens with one attached hydrogen (secondary N) is 1. The fourth-order valence-electron chi connectivity index (χ4n) is 1.74. The first-order valence-corrected chi connectivity index (χ1v) is 5.48. The lowest BCUT2D eigenvalue weighted by Crippen LogP contribution is -2.51. The predicted molar refractivity (Wildman–Crippen MR) is 59.5 cm³/mol. The number of ether oxygens (including phenoxy) is 1. The molecule has 0 bridgehead atoms. The zero-order valence-electron chi connectivity index (χ0n) is 9.93. The Labute approximate surface area is 91.5 Å². The van der Waals surface area contributed by atoms with E-state index in [0.717, 1.165) is 26.1 Å². The van der Waals surface area contributed by atoms with Gasteiger partial charge >= 0.3 is 0 Å². The molecule has 1 saturated heterocycles. The zero-order valence-corrected chi connectivity index (χ0v) is 9.93. The molecule has 1 aliphatic heterocycles. The largest absolute Gasteiger partial charge is 0.381 e. The fourth-order valence-corrected chi connectivity index (χ4v) is 1.74. The Kier molecular flexibility index (Phi) is 3.73. The van der Waals surface area contributed by atoms with Crippen LogP contribution in [-0.4, -0.2) is 30.2 Å². The van der Waals surface area contributed by atoms with Crippen molar-refractivity contribution in [3.8, 4) is 0 Å². The molecule has 4 heteroatoms. The van der Waals surface area contributed by atoms with Gasteiger partial charge in [-0.1, -0.05) is 0 Å². The molecule has 1 aliphatic rings. The van der Waals surface area contributed by atoms with Crippen molar-refractivity contribution in [2.24, 2.45) is 5.73 Å². The molecule has 0 atom stereocenters. The average molecular weight is 214 g/mol. The van der Waals surface area contributed by atoms with Crippen LogP contribution in [0.4, 0.5) is 0 Å². The van der Waals surface area contributed by atoms with E-state index in [2.05, 4.69) is 12.2 Å². The summed E-state index contributed by atoms with van der Waals surface area (Å²) in [5, 5.41) is 3.05. The maximum absolute atomic E-state index is 11.7. The van der Waals surface area contributed by atoms with Gasteiger partial charge in [-0.05, 0) is 33.6 Å². The van der Waals surface area contributed by atoms with Gasteiger partial charge in [-0.3, -0.25) is 4.79 Å². The predicted octanol–water partition coefficient (Wildman–Crippen LogP) is 0.799. The molecule has 0 radical (unpaired) electrons. The van der Waals surface area contributed by atoms with Gasteiger partial charge in [0.25, 0.3) is 0 Å². The van der Waals surface area contributed by atoms with Crippen LogP contribution in [0.25, 0.3) is 0 Å². The first-order chi connectivity index (χ1) is 6.81. The highest BCUT2D eigenvalue weighted by atomic mass is 16.5. The normalized spacial score (nSPS) is 21.1. The lowest BCUT2D eigenvalue weighted by Gasteiger charge is -2.35. The van der Waals surface area contributed by atoms with E-state index in [4.69, 9.17) is 10.5 Å². The quantitative estimate of drug-likeness (QED) is 0.730. The summed E-state index contributed by atoms with van der Waals surface area (Å²) < 4.78 is 5.27. The highest BCUT2D eigenvalue weighted by Crippen LogP contribution is 2.20. The summed E-state index contributed by atoms with van der Waals surface area (Å²) in [6, 6.07) is 0. The summed E-state index contributed by atoms with van der Waals surface area (Å²) >= 11 is 0. The van der Waals surface area contributed by atoms with E-state index in [1.165, 1.54) is 0 Å². The van der Waals surface area contributed by atoms with Crippen molar-refractivity contribution in [3.63, 3.8) is 0 Å². The van der Waals surface area contributed by atoms with Crippen LogP contribution in [0.15, 0.2) is 0 Å². The van der Waals surface area contributed by atoms with Crippen molar-refractivity contribution in [1.82, 2.24) is 5.32 Å². The molecule has 0 aromatic carbocycles. The molecule has 15 heavy (non-hydrogen) atoms. The molecule has 1 rings (SSSR count). The molecule has 0 aromatic heterocycles. The molecule has 1 heterocycles. The molecule has 4 nitrogen and oxygen atoms in total. The van der Waals surface area contributed by atoms with Gasteiger partial charge in [0.05, 0.1) is 0 Å². The minimum absolute atomic E-state index is 0.0342. The summed E-state index contributed by atoms with van der Waals surface area (Å²) in [5.41, 5.74) is 5.25. The summed E-state index contributed by atoms with van der Waals surface area (Å²) in [7, 11) is 0. The number of rotatable bonds is 3. The van der Waals surface area contributed by atoms with Gasteiger partial charge in [-0.15, -0.1) is 0 Å². The highest BCUT2D eigenvalue weighted by molar-refractivity contribution is 5.77. The minimum atomic E-state index is -0.439. The molecule has 0 aliphatic carbocycles. The number of carbonyl (C=O) groups is 1. The maximum atomic E-state index is 11.7. The first kappa shape index (κ1) is 12.5. The Morgan fingerprint density at radius 3 is 2.47 bits per heavy atom. The van der Waals surface area contributed by atoms with Crippen LogP contribution in [0.5, 0.6) is 0 Å². The van der Waals surface area contributed by atoms with Gasteiger partial charge in [0, 0.05) is 30.7 Å². The SMILES string of the molecule is CC(C)(N)CC(=O)NC1(C)CCOCC1. The van der Waals surface area contributed by atoms with E-state index < -0.39 is 5.54 Å². The van der Waals surface area contributed by atoms with Crippen molar-refractivity contribution in [2.75, 3.05) is 13.2 Å². The van der Waals surface area contributed by atoms with Crippen molar-refractivity contribution >= 4 is 5.91 Å². The molecule has 1 fully saturated rings. The summed E-state index contributed by atoms with van der Waals surface area (Å²) in [6.07, 6.45) is 2.12. The minimum Gasteiger partial charge on any atom is -0.381 e. The van der Waals surface area contributed by atoms with Crippen LogP contribution >= 0.6 is 0 Å². The van der Waals surface area contributed by atoms with Gasteiger partial charge in [-0.25, -0.2) is 0 Å². The van der Waals surface area contributed by atoms with Crippen LogP contribution < -0.4 is 11.1 Å². The molecule has 0 spiro atoms. The third-order valence-corrected chi connectivity index (χ3v) is 2.65. The van der Waals surface area contributed by atoms with Crippen molar-refractivity contribution < 1.29 is 9.53 Å². The third kappa shape index (κ3) is 4.62. The lowest BCUT2D eigenvalue weighted by molar-refractivity contribution is -0.124. The summed E-state index contributed by atoms with van der Waals surface area (Å²) in [4.78, 5) is 11.7. The topological polar surface area (TPSA) is 64.4 Å². The summed E-state index contributed by atoms with van der Waals surface area (Å²) in [6.45, 7) is 7.24. The Morgan fingerprint density at radius 2 is 2.00 bits per heavy atom. The van der Waals surface area contributed by atoms with E-state index >= 15 is 0 Å². The van der Waals surface area contributed by atoms with E-state index in [9.17, 15) is 4.79 Å². The van der Waals surface area contributed by atoms with Crippen molar-refractivity contribution in [1.29, 1.82) is 0 Å². The molecule has 0 unspecified atom stereocenters. The second kappa shape index (κ2) is 4.49. The van der Waals surface area contributed by atoms with Crippen LogP contribution in [0.2, 0.25) is 0 Å². The van der Waals surface area contributed by atoms with E-state index in [1.54, 1.807) is 0 Å². The number of hydrogen-bond acceptors (Lipinski definition) is 3. The van der Waals surface area contributed by atoms with Gasteiger partial charge in [0.2, 0.25) is 5.91 Å². The van der Waals surface area contributed by atoms with Crippen LogP contribution in [0.3, 0.4) is 0 Å². The van der Waals surface area contributed by atoms with Gasteiger partial charge < -0.3 is 15.8 Å². The van der Waals surface area contributed by atoms with E-state index in [-0.39, 0.29) is 11.4 Å². The third-order valence-electron chi connectivity index (χ3n) is 2.65. The highest BCUT2D eigenvalue weighted by Gasteiger charge is 2.30. The fraction of sp³-hybridized carbons (Fsp3) is 0.909.